The molecule has 4 nitrogen and oxygen atoms in total. The highest BCUT2D eigenvalue weighted by atomic mass is 16.6. The number of hydrogen-bond acceptors (Lipinski definition) is 4. The van der Waals surface area contributed by atoms with Crippen molar-refractivity contribution in [3.05, 3.63) is 30.2 Å². The van der Waals surface area contributed by atoms with Crippen LogP contribution in [0.1, 0.15) is 37.9 Å². The maximum absolute atomic E-state index is 11.9. The third-order valence-corrected chi connectivity index (χ3v) is 3.52. The molecule has 1 saturated carbocycles. The normalized spacial score (nSPS) is 22.4. The molecule has 94 valence electrons. The van der Waals surface area contributed by atoms with Crippen LogP contribution in [0.15, 0.2) is 33.9 Å². The Hall–Kier alpha value is -1.84. The van der Waals surface area contributed by atoms with E-state index in [4.69, 9.17) is 9.15 Å². The summed E-state index contributed by atoms with van der Waals surface area (Å²) in [5.74, 6) is 0.929. The summed E-state index contributed by atoms with van der Waals surface area (Å²) in [7, 11) is 0. The molecule has 4 heteroatoms. The minimum absolute atomic E-state index is 0.193. The molecule has 3 rings (SSSR count). The van der Waals surface area contributed by atoms with Crippen molar-refractivity contribution in [2.24, 2.45) is 4.99 Å². The molecule has 2 aliphatic rings. The molecule has 0 radical (unpaired) electrons. The van der Waals surface area contributed by atoms with E-state index in [-0.39, 0.29) is 5.97 Å². The second-order valence-electron chi connectivity index (χ2n) is 4.78. The Bertz CT molecular complexity index is 493. The first-order valence-corrected chi connectivity index (χ1v) is 6.32. The maximum atomic E-state index is 11.9. The SMILES string of the molecule is O=C1OC(C=Cc2ccco2)=NC12CCCCC2. The van der Waals surface area contributed by atoms with E-state index < -0.39 is 5.54 Å². The van der Waals surface area contributed by atoms with Crippen LogP contribution >= 0.6 is 0 Å². The lowest BCUT2D eigenvalue weighted by Crippen LogP contribution is -2.35. The van der Waals surface area contributed by atoms with Crippen molar-refractivity contribution >= 4 is 17.9 Å². The largest absolute Gasteiger partial charge is 0.465 e. The molecule has 0 bridgehead atoms. The molecule has 1 spiro atoms. The molecule has 0 amide bonds. The highest BCUT2D eigenvalue weighted by Gasteiger charge is 2.45. The van der Waals surface area contributed by atoms with Gasteiger partial charge in [-0.1, -0.05) is 19.3 Å². The zero-order valence-corrected chi connectivity index (χ0v) is 10.1. The number of rotatable bonds is 2. The van der Waals surface area contributed by atoms with Crippen molar-refractivity contribution in [1.29, 1.82) is 0 Å². The van der Waals surface area contributed by atoms with E-state index in [9.17, 15) is 4.79 Å². The third-order valence-electron chi connectivity index (χ3n) is 3.52. The third kappa shape index (κ3) is 1.98. The minimum Gasteiger partial charge on any atom is -0.465 e. The van der Waals surface area contributed by atoms with E-state index in [2.05, 4.69) is 4.99 Å². The summed E-state index contributed by atoms with van der Waals surface area (Å²) in [5, 5.41) is 0. The number of aliphatic imine (C=N–C) groups is 1. The predicted octanol–water partition coefficient (Wildman–Crippen LogP) is 2.95. The smallest absolute Gasteiger partial charge is 0.340 e. The summed E-state index contributed by atoms with van der Waals surface area (Å²) in [6, 6.07) is 3.65. The number of carbonyl (C=O) groups excluding carboxylic acids is 1. The van der Waals surface area contributed by atoms with Crippen LogP contribution in [0.5, 0.6) is 0 Å². The van der Waals surface area contributed by atoms with Gasteiger partial charge in [0.2, 0.25) is 5.90 Å². The molecule has 2 heterocycles. The summed E-state index contributed by atoms with van der Waals surface area (Å²) in [6.45, 7) is 0. The van der Waals surface area contributed by atoms with E-state index in [1.807, 2.05) is 12.1 Å². The molecule has 18 heavy (non-hydrogen) atoms. The van der Waals surface area contributed by atoms with Gasteiger partial charge < -0.3 is 9.15 Å². The monoisotopic (exact) mass is 245 g/mol. The van der Waals surface area contributed by atoms with Gasteiger partial charge in [-0.05, 0) is 31.1 Å². The summed E-state index contributed by atoms with van der Waals surface area (Å²) in [6.07, 6.45) is 9.95. The van der Waals surface area contributed by atoms with Crippen molar-refractivity contribution in [1.82, 2.24) is 0 Å². The van der Waals surface area contributed by atoms with Gasteiger partial charge in [-0.3, -0.25) is 0 Å². The Labute approximate surface area is 105 Å². The fourth-order valence-electron chi connectivity index (χ4n) is 2.53. The highest BCUT2D eigenvalue weighted by Crippen LogP contribution is 2.36. The van der Waals surface area contributed by atoms with Crippen LogP contribution in [0.3, 0.4) is 0 Å². The zero-order chi connectivity index (χ0) is 12.4. The number of hydrogen-bond donors (Lipinski definition) is 0. The first-order valence-electron chi connectivity index (χ1n) is 6.32. The lowest BCUT2D eigenvalue weighted by Gasteiger charge is -2.25. The van der Waals surface area contributed by atoms with Crippen LogP contribution in [0.4, 0.5) is 0 Å². The van der Waals surface area contributed by atoms with Crippen LogP contribution in [-0.2, 0) is 9.53 Å². The molecule has 1 fully saturated rings. The van der Waals surface area contributed by atoms with Gasteiger partial charge in [-0.2, -0.15) is 0 Å². The van der Waals surface area contributed by atoms with Gasteiger partial charge in [-0.25, -0.2) is 9.79 Å². The molecular weight excluding hydrogens is 230 g/mol. The summed E-state index contributed by atoms with van der Waals surface area (Å²) in [4.78, 5) is 16.4. The van der Waals surface area contributed by atoms with E-state index in [0.717, 1.165) is 31.4 Å². The Morgan fingerprint density at radius 1 is 1.22 bits per heavy atom. The fourth-order valence-corrected chi connectivity index (χ4v) is 2.53. The van der Waals surface area contributed by atoms with Crippen molar-refractivity contribution in [2.45, 2.75) is 37.6 Å². The summed E-state index contributed by atoms with van der Waals surface area (Å²) >= 11 is 0. The van der Waals surface area contributed by atoms with Gasteiger partial charge in [-0.15, -0.1) is 0 Å². The molecule has 0 N–H and O–H groups in total. The van der Waals surface area contributed by atoms with Crippen LogP contribution in [0.2, 0.25) is 0 Å². The number of furan rings is 1. The molecule has 1 aromatic rings. The molecule has 0 saturated heterocycles. The topological polar surface area (TPSA) is 51.8 Å². The first-order chi connectivity index (χ1) is 8.78. The maximum Gasteiger partial charge on any atom is 0.340 e. The Kier molecular flexibility index (Phi) is 2.78. The molecule has 0 unspecified atom stereocenters. The average Bonchev–Trinajstić information content (AvgIpc) is 2.98. The van der Waals surface area contributed by atoms with Gasteiger partial charge in [0.25, 0.3) is 0 Å². The molecule has 0 atom stereocenters. The number of cyclic esters (lactones) is 1. The quantitative estimate of drug-likeness (QED) is 0.753. The van der Waals surface area contributed by atoms with Crippen LogP contribution < -0.4 is 0 Å². The van der Waals surface area contributed by atoms with E-state index >= 15 is 0 Å². The van der Waals surface area contributed by atoms with Gasteiger partial charge >= 0.3 is 5.97 Å². The van der Waals surface area contributed by atoms with Crippen LogP contribution in [0.25, 0.3) is 6.08 Å². The van der Waals surface area contributed by atoms with Gasteiger partial charge in [0.15, 0.2) is 5.54 Å². The number of ether oxygens (including phenoxy) is 1. The zero-order valence-electron chi connectivity index (χ0n) is 10.1. The van der Waals surface area contributed by atoms with Crippen molar-refractivity contribution < 1.29 is 13.9 Å². The van der Waals surface area contributed by atoms with Crippen LogP contribution in [-0.4, -0.2) is 17.4 Å². The van der Waals surface area contributed by atoms with Gasteiger partial charge in [0.05, 0.1) is 6.26 Å². The standard InChI is InChI=1S/C14H15NO3/c16-13-14(8-2-1-3-9-14)15-12(18-13)7-6-11-5-4-10-17-11/h4-7,10H,1-3,8-9H2. The number of nitrogens with zero attached hydrogens (tertiary/aromatic N) is 1. The molecule has 1 aromatic heterocycles. The van der Waals surface area contributed by atoms with E-state index in [1.165, 1.54) is 6.42 Å². The Morgan fingerprint density at radius 2 is 2.06 bits per heavy atom. The molecule has 0 aromatic carbocycles. The average molecular weight is 245 g/mol. The lowest BCUT2D eigenvalue weighted by molar-refractivity contribution is -0.140. The van der Waals surface area contributed by atoms with Crippen molar-refractivity contribution in [3.63, 3.8) is 0 Å². The molecule has 1 aliphatic carbocycles. The van der Waals surface area contributed by atoms with Crippen LogP contribution in [0, 0.1) is 0 Å². The van der Waals surface area contributed by atoms with Gasteiger partial charge in [0, 0.05) is 6.08 Å². The van der Waals surface area contributed by atoms with Crippen molar-refractivity contribution in [2.75, 3.05) is 0 Å². The van der Waals surface area contributed by atoms with Gasteiger partial charge in [0.1, 0.15) is 5.76 Å². The number of carbonyl (C=O) groups is 1. The number of esters is 1. The fraction of sp³-hybridized carbons (Fsp3) is 0.429. The lowest BCUT2D eigenvalue weighted by atomic mass is 9.83. The second-order valence-corrected chi connectivity index (χ2v) is 4.78. The van der Waals surface area contributed by atoms with Crippen molar-refractivity contribution in [3.8, 4) is 0 Å². The second kappa shape index (κ2) is 4.44. The van der Waals surface area contributed by atoms with E-state index in [0.29, 0.717) is 5.90 Å². The summed E-state index contributed by atoms with van der Waals surface area (Å²) in [5.41, 5.74) is -0.596. The van der Waals surface area contributed by atoms with E-state index in [1.54, 1.807) is 18.4 Å². The highest BCUT2D eigenvalue weighted by molar-refractivity contribution is 6.06. The molecular formula is C14H15NO3. The predicted molar refractivity (Wildman–Crippen MR) is 67.1 cm³/mol. The molecule has 1 aliphatic heterocycles. The summed E-state index contributed by atoms with van der Waals surface area (Å²) < 4.78 is 10.4. The Morgan fingerprint density at radius 3 is 2.78 bits per heavy atom. The minimum atomic E-state index is -0.596. The Balaban J connectivity index is 1.78. The first kappa shape index (κ1) is 11.3.